The van der Waals surface area contributed by atoms with Crippen molar-refractivity contribution in [3.63, 3.8) is 0 Å². The van der Waals surface area contributed by atoms with E-state index in [-0.39, 0.29) is 0 Å². The Labute approximate surface area is 317 Å². The van der Waals surface area contributed by atoms with E-state index in [4.69, 9.17) is 49.5 Å². The summed E-state index contributed by atoms with van der Waals surface area (Å²) in [6, 6.07) is 25.5. The van der Waals surface area contributed by atoms with Crippen LogP contribution in [0, 0.1) is 27.7 Å². The van der Waals surface area contributed by atoms with Gasteiger partial charge in [-0.05, 0) is 92.9 Å². The van der Waals surface area contributed by atoms with Crippen molar-refractivity contribution in [3.8, 4) is 22.8 Å². The monoisotopic (exact) mass is 747 g/mol. The van der Waals surface area contributed by atoms with Gasteiger partial charge in [0.2, 0.25) is 0 Å². The molecule has 7 aromatic rings. The molecule has 8 rings (SSSR count). The van der Waals surface area contributed by atoms with Crippen LogP contribution >= 0.6 is 34.8 Å². The van der Waals surface area contributed by atoms with E-state index < -0.39 is 0 Å². The number of fused-ring (bicyclic) bond motifs is 2. The molecule has 1 N–H and O–H groups in total. The van der Waals surface area contributed by atoms with Crippen LogP contribution in [0.1, 0.15) is 22.3 Å². The van der Waals surface area contributed by atoms with E-state index in [9.17, 15) is 0 Å². The number of hydrogen-bond acceptors (Lipinski definition) is 8. The van der Waals surface area contributed by atoms with Crippen molar-refractivity contribution < 1.29 is 4.74 Å². The van der Waals surface area contributed by atoms with Gasteiger partial charge in [-0.25, -0.2) is 15.0 Å². The number of para-hydroxylation sites is 2. The molecule has 0 spiro atoms. The standard InChI is InChI=1S/C25H24ClN5O.C16H12Cl2N2/c1-16-9-10-27-20(15-16)24-17(2)23(18-5-3-6-19(26)25(18)30-24)29-21-7-4-8-22(28-21)31-11-13-32-14-12-31;1-9-6-7-19-13(8-9)15-10(2)14(18)11-4-3-5-12(17)16(11)20-15/h3-10,15H,11-14H2,1-2H3,(H,28,29,30);3-8H,1-2H3. The number of benzene rings is 2. The van der Waals surface area contributed by atoms with Crippen LogP contribution in [0.3, 0.4) is 0 Å². The van der Waals surface area contributed by atoms with Gasteiger partial charge in [0, 0.05) is 41.8 Å². The lowest BCUT2D eigenvalue weighted by molar-refractivity contribution is 0.122. The highest BCUT2D eigenvalue weighted by atomic mass is 35.5. The molecule has 0 bridgehead atoms. The van der Waals surface area contributed by atoms with Crippen LogP contribution in [0.2, 0.25) is 15.1 Å². The zero-order chi connectivity index (χ0) is 36.4. The maximum atomic E-state index is 6.56. The van der Waals surface area contributed by atoms with Crippen molar-refractivity contribution in [3.05, 3.63) is 129 Å². The Hall–Kier alpha value is -4.86. The molecule has 1 aliphatic rings. The molecule has 0 radical (unpaired) electrons. The first-order valence-electron chi connectivity index (χ1n) is 16.9. The van der Waals surface area contributed by atoms with E-state index in [0.29, 0.717) is 20.6 Å². The Morgan fingerprint density at radius 3 is 1.81 bits per heavy atom. The Morgan fingerprint density at radius 1 is 0.635 bits per heavy atom. The van der Waals surface area contributed by atoms with Crippen molar-refractivity contribution in [2.75, 3.05) is 36.5 Å². The van der Waals surface area contributed by atoms with E-state index in [1.165, 1.54) is 0 Å². The lowest BCUT2D eigenvalue weighted by Crippen LogP contribution is -2.36. The zero-order valence-corrected chi connectivity index (χ0v) is 31.5. The molecule has 0 amide bonds. The number of ether oxygens (including phenoxy) is 1. The van der Waals surface area contributed by atoms with Gasteiger partial charge in [-0.2, -0.15) is 0 Å². The van der Waals surface area contributed by atoms with E-state index in [1.54, 1.807) is 6.20 Å². The fourth-order valence-electron chi connectivity index (χ4n) is 6.24. The van der Waals surface area contributed by atoms with Gasteiger partial charge in [0.05, 0.1) is 67.8 Å². The minimum absolute atomic E-state index is 0.596. The molecule has 262 valence electrons. The largest absolute Gasteiger partial charge is 0.378 e. The molecule has 1 aliphatic heterocycles. The number of nitrogens with one attached hydrogen (secondary N) is 1. The second-order valence-electron chi connectivity index (χ2n) is 12.7. The average molecular weight is 749 g/mol. The Morgan fingerprint density at radius 2 is 1.19 bits per heavy atom. The maximum absolute atomic E-state index is 6.56. The number of rotatable bonds is 5. The molecule has 5 aromatic heterocycles. The van der Waals surface area contributed by atoms with Crippen molar-refractivity contribution in [1.29, 1.82) is 0 Å². The summed E-state index contributed by atoms with van der Waals surface area (Å²) in [4.78, 5) is 25.6. The van der Waals surface area contributed by atoms with Gasteiger partial charge in [-0.3, -0.25) is 9.97 Å². The highest BCUT2D eigenvalue weighted by Gasteiger charge is 2.18. The molecule has 1 saturated heterocycles. The molecular weight excluding hydrogens is 713 g/mol. The topological polar surface area (TPSA) is 89.0 Å². The van der Waals surface area contributed by atoms with Gasteiger partial charge in [0.15, 0.2) is 0 Å². The summed E-state index contributed by atoms with van der Waals surface area (Å²) >= 11 is 19.3. The summed E-state index contributed by atoms with van der Waals surface area (Å²) < 4.78 is 5.48. The summed E-state index contributed by atoms with van der Waals surface area (Å²) in [6.45, 7) is 11.2. The van der Waals surface area contributed by atoms with Crippen LogP contribution < -0.4 is 10.2 Å². The third-order valence-corrected chi connectivity index (χ3v) is 10.1. The molecular formula is C41H36Cl3N7O. The predicted molar refractivity (Wildman–Crippen MR) is 214 cm³/mol. The number of nitrogens with zero attached hydrogens (tertiary/aromatic N) is 6. The quantitative estimate of drug-likeness (QED) is 0.186. The number of aromatic nitrogens is 5. The number of hydrogen-bond donors (Lipinski definition) is 1. The van der Waals surface area contributed by atoms with E-state index in [0.717, 1.165) is 105 Å². The van der Waals surface area contributed by atoms with Gasteiger partial charge < -0.3 is 15.0 Å². The Balaban J connectivity index is 0.000000180. The highest BCUT2D eigenvalue weighted by molar-refractivity contribution is 6.40. The first-order chi connectivity index (χ1) is 25.2. The second-order valence-corrected chi connectivity index (χ2v) is 13.9. The molecule has 52 heavy (non-hydrogen) atoms. The van der Waals surface area contributed by atoms with Gasteiger partial charge in [-0.15, -0.1) is 0 Å². The van der Waals surface area contributed by atoms with Crippen molar-refractivity contribution >= 4 is 73.9 Å². The van der Waals surface area contributed by atoms with Crippen molar-refractivity contribution in [2.45, 2.75) is 27.7 Å². The van der Waals surface area contributed by atoms with E-state index in [1.807, 2.05) is 98.9 Å². The van der Waals surface area contributed by atoms with Gasteiger partial charge >= 0.3 is 0 Å². The molecule has 1 fully saturated rings. The number of halogens is 3. The molecule has 8 nitrogen and oxygen atoms in total. The second kappa shape index (κ2) is 15.4. The molecule has 6 heterocycles. The van der Waals surface area contributed by atoms with Crippen LogP contribution in [-0.4, -0.2) is 51.2 Å². The summed E-state index contributed by atoms with van der Waals surface area (Å²) in [7, 11) is 0. The van der Waals surface area contributed by atoms with Gasteiger partial charge in [0.1, 0.15) is 11.6 Å². The van der Waals surface area contributed by atoms with Crippen LogP contribution in [-0.2, 0) is 4.74 Å². The molecule has 0 unspecified atom stereocenters. The number of anilines is 3. The molecule has 0 atom stereocenters. The SMILES string of the molecule is Cc1ccnc(-c2nc3c(Cl)cccc3c(Cl)c2C)c1.Cc1ccnc(-c2nc3c(Cl)cccc3c(Nc3cccc(N4CCOCC4)n3)c2C)c1. The minimum Gasteiger partial charge on any atom is -0.378 e. The van der Waals surface area contributed by atoms with E-state index >= 15 is 0 Å². The highest BCUT2D eigenvalue weighted by Crippen LogP contribution is 2.38. The normalized spacial score (nSPS) is 12.9. The van der Waals surface area contributed by atoms with Gasteiger partial charge in [0.25, 0.3) is 0 Å². The van der Waals surface area contributed by atoms with Crippen LogP contribution in [0.4, 0.5) is 17.3 Å². The summed E-state index contributed by atoms with van der Waals surface area (Å²) in [5.74, 6) is 1.71. The fraction of sp³-hybridized carbons (Fsp3) is 0.195. The molecule has 0 aliphatic carbocycles. The zero-order valence-electron chi connectivity index (χ0n) is 29.2. The van der Waals surface area contributed by atoms with Crippen LogP contribution in [0.5, 0.6) is 0 Å². The van der Waals surface area contributed by atoms with Crippen LogP contribution in [0.25, 0.3) is 44.6 Å². The first kappa shape index (κ1) is 35.5. The third kappa shape index (κ3) is 7.38. The first-order valence-corrected chi connectivity index (χ1v) is 18.1. The Kier molecular flexibility index (Phi) is 10.5. The van der Waals surface area contributed by atoms with Crippen molar-refractivity contribution in [2.24, 2.45) is 0 Å². The smallest absolute Gasteiger partial charge is 0.132 e. The molecule has 2 aromatic carbocycles. The lowest BCUT2D eigenvalue weighted by Gasteiger charge is -2.28. The number of aryl methyl sites for hydroxylation is 2. The average Bonchev–Trinajstić information content (AvgIpc) is 3.15. The van der Waals surface area contributed by atoms with E-state index in [2.05, 4.69) is 39.0 Å². The van der Waals surface area contributed by atoms with Crippen molar-refractivity contribution in [1.82, 2.24) is 24.9 Å². The summed E-state index contributed by atoms with van der Waals surface area (Å²) in [6.07, 6.45) is 3.58. The third-order valence-electron chi connectivity index (χ3n) is 8.98. The predicted octanol–water partition coefficient (Wildman–Crippen LogP) is 10.8. The lowest BCUT2D eigenvalue weighted by atomic mass is 10.0. The summed E-state index contributed by atoms with van der Waals surface area (Å²) in [5, 5.41) is 7.25. The summed E-state index contributed by atoms with van der Waals surface area (Å²) in [5.41, 5.74) is 9.77. The number of pyridine rings is 5. The van der Waals surface area contributed by atoms with Gasteiger partial charge in [-0.1, -0.05) is 65.1 Å². The Bertz CT molecular complexity index is 2430. The minimum atomic E-state index is 0.596. The maximum Gasteiger partial charge on any atom is 0.132 e. The number of morpholine rings is 1. The fourth-order valence-corrected chi connectivity index (χ4v) is 6.91. The molecule has 0 saturated carbocycles. The molecule has 11 heteroatoms. The van der Waals surface area contributed by atoms with Crippen LogP contribution in [0.15, 0.2) is 91.3 Å².